The molecule has 0 unspecified atom stereocenters. The highest BCUT2D eigenvalue weighted by Gasteiger charge is 2.13. The van der Waals surface area contributed by atoms with E-state index < -0.39 is 112 Å². The minimum absolute atomic E-state index is 0.495. The number of rotatable bonds is 0. The predicted octanol–water partition coefficient (Wildman–Crippen LogP) is -7.95. The van der Waals surface area contributed by atoms with E-state index in [-0.39, 0.29) is 0 Å². The minimum Gasteiger partial charge on any atom is -0.346 e. The Hall–Kier alpha value is -4.77. The summed E-state index contributed by atoms with van der Waals surface area (Å²) in [5, 5.41) is 19.8. The molecular weight excluding hydrogens is 486 g/mol. The quantitative estimate of drug-likeness (QED) is 0.149. The summed E-state index contributed by atoms with van der Waals surface area (Å²) in [6, 6.07) is 0. The molecule has 0 spiro atoms. The standard InChI is InChI=1S/C18H27N9O9/c28-10-1-19-11(29)2-21-13(31)4-23-15(33)6-25-17(35)8-27-18(36)9-26-16(34)7-24-14(32)5-22-12(30)3-20-10/h1-9H2,(H,19,29)(H,20,28)(H,21,31)(H,22,30)(H,23,33)(H,24,32)(H,25,35)(H,26,34)(H,27,36). The maximum Gasteiger partial charge on any atom is 0.239 e. The Labute approximate surface area is 203 Å². The lowest BCUT2D eigenvalue weighted by atomic mass is 10.4. The van der Waals surface area contributed by atoms with Crippen molar-refractivity contribution in [2.24, 2.45) is 0 Å². The summed E-state index contributed by atoms with van der Waals surface area (Å²) in [5.41, 5.74) is 0. The first-order valence-corrected chi connectivity index (χ1v) is 10.5. The first-order valence-electron chi connectivity index (χ1n) is 10.5. The van der Waals surface area contributed by atoms with E-state index in [1.165, 1.54) is 0 Å². The fraction of sp³-hybridized carbons (Fsp3) is 0.500. The highest BCUT2D eigenvalue weighted by molar-refractivity contribution is 5.94. The van der Waals surface area contributed by atoms with Crippen LogP contribution in [0, 0.1) is 0 Å². The Kier molecular flexibility index (Phi) is 13.0. The van der Waals surface area contributed by atoms with Gasteiger partial charge in [0.2, 0.25) is 53.2 Å². The molecule has 1 aliphatic rings. The molecule has 1 aliphatic heterocycles. The molecule has 1 saturated heterocycles. The molecule has 0 saturated carbocycles. The van der Waals surface area contributed by atoms with Crippen LogP contribution in [0.3, 0.4) is 0 Å². The maximum atomic E-state index is 11.7. The molecule has 1 heterocycles. The van der Waals surface area contributed by atoms with Crippen LogP contribution >= 0.6 is 0 Å². The molecule has 0 radical (unpaired) electrons. The highest BCUT2D eigenvalue weighted by Crippen LogP contribution is 1.75. The fourth-order valence-electron chi connectivity index (χ4n) is 2.17. The van der Waals surface area contributed by atoms with E-state index in [9.17, 15) is 43.2 Å². The van der Waals surface area contributed by atoms with Crippen LogP contribution in [-0.4, -0.2) is 112 Å². The van der Waals surface area contributed by atoms with Gasteiger partial charge in [0.25, 0.3) is 0 Å². The van der Waals surface area contributed by atoms with Gasteiger partial charge in [-0.25, -0.2) is 0 Å². The summed E-state index contributed by atoms with van der Waals surface area (Å²) in [7, 11) is 0. The van der Waals surface area contributed by atoms with Crippen molar-refractivity contribution in [2.45, 2.75) is 0 Å². The molecule has 0 aromatic carbocycles. The van der Waals surface area contributed by atoms with Gasteiger partial charge in [0.1, 0.15) is 0 Å². The molecule has 18 nitrogen and oxygen atoms in total. The van der Waals surface area contributed by atoms with Crippen molar-refractivity contribution >= 4 is 53.2 Å². The second-order valence-corrected chi connectivity index (χ2v) is 6.99. The zero-order valence-corrected chi connectivity index (χ0v) is 19.0. The Balaban J connectivity index is 2.60. The number of nitrogens with one attached hydrogen (secondary N) is 9. The van der Waals surface area contributed by atoms with Crippen LogP contribution in [0.4, 0.5) is 0 Å². The van der Waals surface area contributed by atoms with Crippen molar-refractivity contribution in [1.82, 2.24) is 47.9 Å². The summed E-state index contributed by atoms with van der Waals surface area (Å²) in [4.78, 5) is 105. The van der Waals surface area contributed by atoms with Crippen molar-refractivity contribution in [3.63, 3.8) is 0 Å². The van der Waals surface area contributed by atoms with Crippen LogP contribution in [0.5, 0.6) is 0 Å². The van der Waals surface area contributed by atoms with Crippen LogP contribution < -0.4 is 47.9 Å². The van der Waals surface area contributed by atoms with E-state index in [0.29, 0.717) is 0 Å². The Morgan fingerprint density at radius 1 is 0.222 bits per heavy atom. The van der Waals surface area contributed by atoms with E-state index in [0.717, 1.165) is 0 Å². The molecule has 0 bridgehead atoms. The molecule has 9 amide bonds. The summed E-state index contributed by atoms with van der Waals surface area (Å²) in [5.74, 6) is -6.49. The third-order valence-electron chi connectivity index (χ3n) is 4.02. The van der Waals surface area contributed by atoms with E-state index in [1.807, 2.05) is 0 Å². The number of hydrogen-bond donors (Lipinski definition) is 9. The SMILES string of the molecule is O=C1CNC(=O)CNC(=O)CNC(=O)CNC(=O)CNC(=O)CNC(=O)CNC(=O)CNC(=O)CN1. The summed E-state index contributed by atoms with van der Waals surface area (Å²) >= 11 is 0. The second kappa shape index (κ2) is 16.0. The van der Waals surface area contributed by atoms with Gasteiger partial charge in [-0.1, -0.05) is 0 Å². The van der Waals surface area contributed by atoms with Gasteiger partial charge in [-0.15, -0.1) is 0 Å². The number of hydrogen-bond acceptors (Lipinski definition) is 9. The number of amides is 9. The molecule has 0 atom stereocenters. The Morgan fingerprint density at radius 3 is 0.389 bits per heavy atom. The molecule has 1 fully saturated rings. The molecule has 198 valence electrons. The third kappa shape index (κ3) is 14.4. The van der Waals surface area contributed by atoms with Gasteiger partial charge in [-0.05, 0) is 0 Å². The van der Waals surface area contributed by atoms with E-state index in [2.05, 4.69) is 47.9 Å². The van der Waals surface area contributed by atoms with Crippen molar-refractivity contribution in [3.05, 3.63) is 0 Å². The van der Waals surface area contributed by atoms with E-state index >= 15 is 0 Å². The first kappa shape index (κ1) is 29.3. The van der Waals surface area contributed by atoms with Gasteiger partial charge >= 0.3 is 0 Å². The van der Waals surface area contributed by atoms with Gasteiger partial charge in [0, 0.05) is 0 Å². The van der Waals surface area contributed by atoms with Crippen LogP contribution in [0.2, 0.25) is 0 Å². The summed E-state index contributed by atoms with van der Waals surface area (Å²) in [6.07, 6.45) is 0. The molecule has 1 rings (SSSR count). The predicted molar refractivity (Wildman–Crippen MR) is 117 cm³/mol. The zero-order valence-electron chi connectivity index (χ0n) is 19.0. The monoisotopic (exact) mass is 513 g/mol. The van der Waals surface area contributed by atoms with E-state index in [1.54, 1.807) is 0 Å². The number of carbonyl (C=O) groups is 9. The van der Waals surface area contributed by atoms with Gasteiger partial charge in [0.05, 0.1) is 58.9 Å². The molecule has 36 heavy (non-hydrogen) atoms. The van der Waals surface area contributed by atoms with Crippen LogP contribution in [-0.2, 0) is 43.2 Å². The molecular formula is C18H27N9O9. The van der Waals surface area contributed by atoms with Crippen molar-refractivity contribution in [3.8, 4) is 0 Å². The Morgan fingerprint density at radius 2 is 0.306 bits per heavy atom. The van der Waals surface area contributed by atoms with Crippen LogP contribution in [0.1, 0.15) is 0 Å². The van der Waals surface area contributed by atoms with Crippen molar-refractivity contribution in [2.75, 3.05) is 58.9 Å². The van der Waals surface area contributed by atoms with Crippen LogP contribution in [0.25, 0.3) is 0 Å². The normalized spacial score (nSPS) is 19.5. The van der Waals surface area contributed by atoms with E-state index in [4.69, 9.17) is 0 Å². The zero-order chi connectivity index (χ0) is 26.9. The maximum absolute atomic E-state index is 11.7. The van der Waals surface area contributed by atoms with Gasteiger partial charge < -0.3 is 47.9 Å². The fourth-order valence-corrected chi connectivity index (χ4v) is 2.17. The average molecular weight is 513 g/mol. The smallest absolute Gasteiger partial charge is 0.239 e. The molecule has 0 aromatic rings. The highest BCUT2D eigenvalue weighted by atomic mass is 16.2. The minimum atomic E-state index is -0.721. The Bertz CT molecular complexity index is 624. The first-order chi connectivity index (χ1) is 17.0. The largest absolute Gasteiger partial charge is 0.346 e. The summed E-state index contributed by atoms with van der Waals surface area (Å²) in [6.45, 7) is -4.45. The van der Waals surface area contributed by atoms with Crippen molar-refractivity contribution < 1.29 is 43.2 Å². The lowest BCUT2D eigenvalue weighted by Crippen LogP contribution is -2.47. The molecule has 0 aromatic heterocycles. The lowest BCUT2D eigenvalue weighted by Gasteiger charge is -2.09. The third-order valence-corrected chi connectivity index (χ3v) is 4.02. The van der Waals surface area contributed by atoms with Crippen LogP contribution in [0.15, 0.2) is 0 Å². The molecule has 0 aliphatic carbocycles. The number of carbonyl (C=O) groups excluding carboxylic acids is 9. The summed E-state index contributed by atoms with van der Waals surface area (Å²) < 4.78 is 0. The van der Waals surface area contributed by atoms with Gasteiger partial charge in [-0.2, -0.15) is 0 Å². The molecule has 9 N–H and O–H groups in total. The lowest BCUT2D eigenvalue weighted by molar-refractivity contribution is -0.129. The molecule has 18 heteroatoms. The van der Waals surface area contributed by atoms with Crippen molar-refractivity contribution in [1.29, 1.82) is 0 Å². The second-order valence-electron chi connectivity index (χ2n) is 6.99. The van der Waals surface area contributed by atoms with Gasteiger partial charge in [-0.3, -0.25) is 43.2 Å². The van der Waals surface area contributed by atoms with Gasteiger partial charge in [0.15, 0.2) is 0 Å². The topological polar surface area (TPSA) is 262 Å². The average Bonchev–Trinajstić information content (AvgIpc) is 2.85.